The molecule has 128 valence electrons. The van der Waals surface area contributed by atoms with Gasteiger partial charge in [0.05, 0.1) is 0 Å². The van der Waals surface area contributed by atoms with Crippen molar-refractivity contribution in [3.05, 3.63) is 33.8 Å². The molecule has 1 heterocycles. The summed E-state index contributed by atoms with van der Waals surface area (Å²) < 4.78 is 1.27. The minimum Gasteiger partial charge on any atom is -0.314 e. The zero-order chi connectivity index (χ0) is 14.5. The summed E-state index contributed by atoms with van der Waals surface area (Å²) in [4.78, 5) is 2.65. The Morgan fingerprint density at radius 3 is 2.32 bits per heavy atom. The molecule has 1 aromatic carbocycles. The van der Waals surface area contributed by atoms with Gasteiger partial charge < -0.3 is 5.32 Å². The summed E-state index contributed by atoms with van der Waals surface area (Å²) in [5.41, 5.74) is 2.78. The lowest BCUT2D eigenvalue weighted by atomic mass is 9.95. The Bertz CT molecular complexity index is 435. The molecule has 22 heavy (non-hydrogen) atoms. The van der Waals surface area contributed by atoms with Gasteiger partial charge >= 0.3 is 0 Å². The molecule has 1 saturated heterocycles. The Hall–Kier alpha value is 0.200. The van der Waals surface area contributed by atoms with Crippen molar-refractivity contribution in [3.8, 4) is 0 Å². The molecule has 1 N–H and O–H groups in total. The highest BCUT2D eigenvalue weighted by Crippen LogP contribution is 2.33. The monoisotopic (exact) mass is 410 g/mol. The quantitative estimate of drug-likeness (QED) is 0.734. The molecule has 1 atom stereocenters. The zero-order valence-electron chi connectivity index (χ0n) is 13.8. The fourth-order valence-electron chi connectivity index (χ4n) is 2.92. The van der Waals surface area contributed by atoms with Crippen LogP contribution in [0.15, 0.2) is 22.7 Å². The minimum atomic E-state index is 0. The predicted octanol–water partition coefficient (Wildman–Crippen LogP) is 4.98. The van der Waals surface area contributed by atoms with E-state index in [9.17, 15) is 0 Å². The molecule has 2 rings (SSSR count). The fraction of sp³-hybridized carbons (Fsp3) is 0.647. The maximum atomic E-state index is 3.78. The highest BCUT2D eigenvalue weighted by atomic mass is 79.9. The average molecular weight is 412 g/mol. The van der Waals surface area contributed by atoms with E-state index in [0.29, 0.717) is 6.04 Å². The van der Waals surface area contributed by atoms with Gasteiger partial charge in [0.2, 0.25) is 0 Å². The molecule has 0 aliphatic carbocycles. The van der Waals surface area contributed by atoms with Crippen LogP contribution < -0.4 is 5.32 Å². The van der Waals surface area contributed by atoms with Gasteiger partial charge in [0.15, 0.2) is 0 Å². The Morgan fingerprint density at radius 1 is 1.14 bits per heavy atom. The molecule has 1 aliphatic heterocycles. The molecule has 0 radical (unpaired) electrons. The third kappa shape index (κ3) is 6.37. The molecule has 1 aromatic rings. The van der Waals surface area contributed by atoms with Gasteiger partial charge in [-0.3, -0.25) is 4.90 Å². The highest BCUT2D eigenvalue weighted by molar-refractivity contribution is 9.10. The van der Waals surface area contributed by atoms with Crippen LogP contribution in [0, 0.1) is 12.8 Å². The molecular weight excluding hydrogens is 383 g/mol. The Morgan fingerprint density at radius 2 is 1.77 bits per heavy atom. The van der Waals surface area contributed by atoms with Crippen LogP contribution in [-0.4, -0.2) is 31.1 Å². The number of hydrogen-bond acceptors (Lipinski definition) is 2. The first-order chi connectivity index (χ1) is 9.58. The zero-order valence-corrected chi connectivity index (χ0v) is 17.0. The van der Waals surface area contributed by atoms with E-state index in [-0.39, 0.29) is 24.8 Å². The molecule has 1 fully saturated rings. The summed E-state index contributed by atoms with van der Waals surface area (Å²) in [5, 5.41) is 3.46. The molecule has 0 bridgehead atoms. The number of hydrogen-bond donors (Lipinski definition) is 1. The predicted molar refractivity (Wildman–Crippen MR) is 105 cm³/mol. The van der Waals surface area contributed by atoms with Crippen molar-refractivity contribution in [2.75, 3.05) is 26.2 Å². The van der Waals surface area contributed by atoms with Crippen LogP contribution in [0.1, 0.15) is 43.9 Å². The summed E-state index contributed by atoms with van der Waals surface area (Å²) in [5.74, 6) is 0.768. The molecule has 0 saturated carbocycles. The summed E-state index contributed by atoms with van der Waals surface area (Å²) in [6.07, 6.45) is 2.54. The SMILES string of the molecule is Cc1ccc([C@@H](CCC(C)C)N2CCNCC2)c(Br)c1.Cl.Cl. The summed E-state index contributed by atoms with van der Waals surface area (Å²) >= 11 is 3.78. The topological polar surface area (TPSA) is 15.3 Å². The van der Waals surface area contributed by atoms with Crippen LogP contribution in [0.5, 0.6) is 0 Å². The third-order valence-corrected chi connectivity index (χ3v) is 4.81. The normalized spacial score (nSPS) is 16.8. The number of nitrogens with one attached hydrogen (secondary N) is 1. The van der Waals surface area contributed by atoms with E-state index < -0.39 is 0 Å². The van der Waals surface area contributed by atoms with E-state index >= 15 is 0 Å². The standard InChI is InChI=1S/C17H27BrN2.2ClH/c1-13(2)4-7-17(20-10-8-19-9-11-20)15-6-5-14(3)12-16(15)18;;/h5-6,12-13,17,19H,4,7-11H2,1-3H3;2*1H/t17-;;/m1../s1. The van der Waals surface area contributed by atoms with Gasteiger partial charge in [-0.2, -0.15) is 0 Å². The number of aryl methyl sites for hydroxylation is 1. The first-order valence-electron chi connectivity index (χ1n) is 7.78. The van der Waals surface area contributed by atoms with E-state index in [4.69, 9.17) is 0 Å². The van der Waals surface area contributed by atoms with E-state index in [1.165, 1.54) is 28.4 Å². The Labute approximate surface area is 156 Å². The Balaban J connectivity index is 0.00000220. The van der Waals surface area contributed by atoms with Gasteiger partial charge in [-0.05, 0) is 42.9 Å². The molecule has 2 nitrogen and oxygen atoms in total. The highest BCUT2D eigenvalue weighted by Gasteiger charge is 2.23. The largest absolute Gasteiger partial charge is 0.314 e. The van der Waals surface area contributed by atoms with E-state index in [1.807, 2.05) is 0 Å². The van der Waals surface area contributed by atoms with Crippen molar-refractivity contribution >= 4 is 40.7 Å². The molecule has 0 spiro atoms. The van der Waals surface area contributed by atoms with Gasteiger partial charge in [-0.1, -0.05) is 41.9 Å². The number of piperazine rings is 1. The lowest BCUT2D eigenvalue weighted by Gasteiger charge is -2.36. The minimum absolute atomic E-state index is 0. The van der Waals surface area contributed by atoms with Crippen molar-refractivity contribution in [1.82, 2.24) is 10.2 Å². The van der Waals surface area contributed by atoms with Crippen LogP contribution in [0.3, 0.4) is 0 Å². The molecule has 0 aromatic heterocycles. The van der Waals surface area contributed by atoms with Crippen molar-refractivity contribution in [1.29, 1.82) is 0 Å². The van der Waals surface area contributed by atoms with Crippen molar-refractivity contribution in [2.45, 2.75) is 39.7 Å². The maximum Gasteiger partial charge on any atom is 0.0360 e. The number of nitrogens with zero attached hydrogens (tertiary/aromatic N) is 1. The lowest BCUT2D eigenvalue weighted by Crippen LogP contribution is -2.45. The third-order valence-electron chi connectivity index (χ3n) is 4.12. The fourth-order valence-corrected chi connectivity index (χ4v) is 3.68. The van der Waals surface area contributed by atoms with Crippen LogP contribution in [0.4, 0.5) is 0 Å². The average Bonchev–Trinajstić information content (AvgIpc) is 2.42. The smallest absolute Gasteiger partial charge is 0.0360 e. The first kappa shape index (κ1) is 22.2. The Kier molecular flexibility index (Phi) is 11.0. The first-order valence-corrected chi connectivity index (χ1v) is 8.58. The molecule has 0 amide bonds. The summed E-state index contributed by atoms with van der Waals surface area (Å²) in [6.45, 7) is 11.3. The van der Waals surface area contributed by atoms with Crippen molar-refractivity contribution in [3.63, 3.8) is 0 Å². The lowest BCUT2D eigenvalue weighted by molar-refractivity contribution is 0.159. The number of benzene rings is 1. The van der Waals surface area contributed by atoms with E-state index in [2.05, 4.69) is 65.1 Å². The van der Waals surface area contributed by atoms with Crippen molar-refractivity contribution in [2.24, 2.45) is 5.92 Å². The van der Waals surface area contributed by atoms with Crippen LogP contribution in [-0.2, 0) is 0 Å². The number of rotatable bonds is 5. The second-order valence-electron chi connectivity index (χ2n) is 6.30. The maximum absolute atomic E-state index is 3.78. The van der Waals surface area contributed by atoms with Gasteiger partial charge in [-0.25, -0.2) is 0 Å². The van der Waals surface area contributed by atoms with Crippen LogP contribution in [0.2, 0.25) is 0 Å². The summed E-state index contributed by atoms with van der Waals surface area (Å²) in [7, 11) is 0. The van der Waals surface area contributed by atoms with Gasteiger partial charge in [0.25, 0.3) is 0 Å². The second-order valence-corrected chi connectivity index (χ2v) is 7.15. The summed E-state index contributed by atoms with van der Waals surface area (Å²) in [6, 6.07) is 7.35. The van der Waals surface area contributed by atoms with Crippen LogP contribution in [0.25, 0.3) is 0 Å². The van der Waals surface area contributed by atoms with E-state index in [0.717, 1.165) is 32.1 Å². The molecule has 0 unspecified atom stereocenters. The molecular formula is C17H29BrCl2N2. The van der Waals surface area contributed by atoms with Gasteiger partial charge in [0.1, 0.15) is 0 Å². The molecule has 1 aliphatic rings. The van der Waals surface area contributed by atoms with Crippen LogP contribution >= 0.6 is 40.7 Å². The van der Waals surface area contributed by atoms with Gasteiger partial charge in [-0.15, -0.1) is 24.8 Å². The second kappa shape index (κ2) is 10.9. The number of halogens is 3. The van der Waals surface area contributed by atoms with Crippen molar-refractivity contribution < 1.29 is 0 Å². The van der Waals surface area contributed by atoms with Gasteiger partial charge in [0, 0.05) is 36.7 Å². The van der Waals surface area contributed by atoms with E-state index in [1.54, 1.807) is 0 Å². The molecule has 5 heteroatoms.